The summed E-state index contributed by atoms with van der Waals surface area (Å²) in [4.78, 5) is 0. The molecule has 0 saturated carbocycles. The third kappa shape index (κ3) is 1.81. The van der Waals surface area contributed by atoms with Crippen molar-refractivity contribution in [3.63, 3.8) is 0 Å². The van der Waals surface area contributed by atoms with E-state index in [9.17, 15) is 0 Å². The number of hydrogen-bond donors (Lipinski definition) is 0. The van der Waals surface area contributed by atoms with E-state index in [1.807, 2.05) is 18.2 Å². The van der Waals surface area contributed by atoms with E-state index in [4.69, 9.17) is 4.74 Å². The van der Waals surface area contributed by atoms with Gasteiger partial charge in [-0.1, -0.05) is 6.07 Å². The maximum atomic E-state index is 5.22. The molecule has 1 aromatic rings. The molecular formula is C9H9LiO. The molecule has 0 bridgehead atoms. The third-order valence-electron chi connectivity index (χ3n) is 1.67. The summed E-state index contributed by atoms with van der Waals surface area (Å²) >= 11 is 0. The fourth-order valence-electron chi connectivity index (χ4n) is 1.06. The van der Waals surface area contributed by atoms with Gasteiger partial charge < -0.3 is 4.74 Å². The van der Waals surface area contributed by atoms with Crippen molar-refractivity contribution in [1.29, 1.82) is 0 Å². The molecule has 11 heavy (non-hydrogen) atoms. The van der Waals surface area contributed by atoms with Crippen molar-refractivity contribution in [2.75, 3.05) is 0 Å². The minimum Gasteiger partial charge on any atom is -0.410 e. The third-order valence-corrected chi connectivity index (χ3v) is 1.67. The zero-order valence-corrected chi connectivity index (χ0v) is 6.87. The molecular weight excluding hydrogens is 131 g/mol. The summed E-state index contributed by atoms with van der Waals surface area (Å²) in [6.45, 7) is 2.06. The predicted octanol–water partition coefficient (Wildman–Crippen LogP) is -1.01. The molecule has 1 nitrogen and oxygen atoms in total. The predicted molar refractivity (Wildman–Crippen MR) is 39.3 cm³/mol. The van der Waals surface area contributed by atoms with Crippen molar-refractivity contribution in [3.8, 4) is 0 Å². The van der Waals surface area contributed by atoms with Gasteiger partial charge in [-0.15, -0.1) is 12.1 Å². The molecule has 0 spiro atoms. The van der Waals surface area contributed by atoms with Gasteiger partial charge in [0.15, 0.2) is 0 Å². The zero-order chi connectivity index (χ0) is 6.97. The quantitative estimate of drug-likeness (QED) is 0.276. The topological polar surface area (TPSA) is 12.5 Å². The maximum Gasteiger partial charge on any atom is 1.00 e. The SMILES string of the molecule is C[C@@H]1O[C-]1c1ccccc1.[Li+]. The zero-order valence-electron chi connectivity index (χ0n) is 6.87. The van der Waals surface area contributed by atoms with E-state index in [1.54, 1.807) is 0 Å². The first-order chi connectivity index (χ1) is 4.88. The molecule has 0 amide bonds. The van der Waals surface area contributed by atoms with Crippen molar-refractivity contribution in [1.82, 2.24) is 0 Å². The van der Waals surface area contributed by atoms with Crippen LogP contribution in [0.4, 0.5) is 0 Å². The van der Waals surface area contributed by atoms with Crippen molar-refractivity contribution in [2.45, 2.75) is 13.0 Å². The van der Waals surface area contributed by atoms with Crippen LogP contribution in [-0.2, 0) is 4.74 Å². The van der Waals surface area contributed by atoms with Crippen LogP contribution in [0.5, 0.6) is 0 Å². The summed E-state index contributed by atoms with van der Waals surface area (Å²) in [6.07, 6.45) is 1.48. The Morgan fingerprint density at radius 2 is 1.82 bits per heavy atom. The first-order valence-corrected chi connectivity index (χ1v) is 3.47. The molecule has 1 fully saturated rings. The molecule has 1 aliphatic heterocycles. The molecule has 2 rings (SSSR count). The average molecular weight is 140 g/mol. The van der Waals surface area contributed by atoms with Crippen LogP contribution in [0, 0.1) is 6.10 Å². The van der Waals surface area contributed by atoms with Gasteiger partial charge in [-0.2, -0.15) is 17.7 Å². The maximum absolute atomic E-state index is 5.22. The molecule has 1 saturated heterocycles. The Morgan fingerprint density at radius 3 is 2.27 bits per heavy atom. The molecule has 0 aliphatic carbocycles. The monoisotopic (exact) mass is 140 g/mol. The van der Waals surface area contributed by atoms with Crippen LogP contribution in [0.1, 0.15) is 12.5 Å². The number of epoxide rings is 1. The number of hydrogen-bond acceptors (Lipinski definition) is 1. The van der Waals surface area contributed by atoms with Crippen LogP contribution in [0.3, 0.4) is 0 Å². The van der Waals surface area contributed by atoms with Gasteiger partial charge in [0.05, 0.1) is 0 Å². The summed E-state index contributed by atoms with van der Waals surface area (Å²) in [5.74, 6) is 0. The fourth-order valence-corrected chi connectivity index (χ4v) is 1.06. The van der Waals surface area contributed by atoms with Gasteiger partial charge in [-0.3, -0.25) is 0 Å². The summed E-state index contributed by atoms with van der Waals surface area (Å²) in [5.41, 5.74) is 1.22. The van der Waals surface area contributed by atoms with Crippen LogP contribution in [-0.4, -0.2) is 6.10 Å². The van der Waals surface area contributed by atoms with E-state index >= 15 is 0 Å². The summed E-state index contributed by atoms with van der Waals surface area (Å²) in [7, 11) is 0. The molecule has 52 valence electrons. The number of benzene rings is 1. The van der Waals surface area contributed by atoms with Gasteiger partial charge in [-0.05, 0) is 13.0 Å². The minimum atomic E-state index is 0. The van der Waals surface area contributed by atoms with E-state index in [-0.39, 0.29) is 18.9 Å². The molecule has 2 heteroatoms. The van der Waals surface area contributed by atoms with Crippen LogP contribution in [0.15, 0.2) is 30.3 Å². The van der Waals surface area contributed by atoms with Crippen LogP contribution < -0.4 is 18.9 Å². The minimum absolute atomic E-state index is 0. The van der Waals surface area contributed by atoms with E-state index < -0.39 is 0 Å². The molecule has 0 aromatic heterocycles. The standard InChI is InChI=1S/C9H9O.Li/c1-7-9(10-7)8-5-3-2-4-6-8;/h2-7H,1H3;/q-1;+1/t7-;/m0./s1. The van der Waals surface area contributed by atoms with Gasteiger partial charge in [0.1, 0.15) is 0 Å². The Labute approximate surface area is 78.9 Å². The smallest absolute Gasteiger partial charge is 0.410 e. The van der Waals surface area contributed by atoms with Gasteiger partial charge in [-0.25, -0.2) is 0 Å². The normalized spacial score (nSPS) is 20.8. The van der Waals surface area contributed by atoms with Crippen molar-refractivity contribution < 1.29 is 23.6 Å². The second-order valence-corrected chi connectivity index (χ2v) is 2.49. The van der Waals surface area contributed by atoms with Crippen molar-refractivity contribution >= 4 is 0 Å². The first kappa shape index (κ1) is 8.74. The van der Waals surface area contributed by atoms with Gasteiger partial charge in [0, 0.05) is 6.10 Å². The second-order valence-electron chi connectivity index (χ2n) is 2.49. The Bertz CT molecular complexity index is 222. The largest absolute Gasteiger partial charge is 1.00 e. The summed E-state index contributed by atoms with van der Waals surface area (Å²) in [5, 5.41) is 0. The molecule has 1 atom stereocenters. The first-order valence-electron chi connectivity index (χ1n) is 3.47. The van der Waals surface area contributed by atoms with E-state index in [1.165, 1.54) is 5.56 Å². The Balaban J connectivity index is 0.000000605. The molecule has 1 heterocycles. The molecule has 0 N–H and O–H groups in total. The van der Waals surface area contributed by atoms with E-state index in [2.05, 4.69) is 19.1 Å². The van der Waals surface area contributed by atoms with Gasteiger partial charge >= 0.3 is 18.9 Å². The van der Waals surface area contributed by atoms with E-state index in [0.717, 1.165) is 6.10 Å². The van der Waals surface area contributed by atoms with Crippen LogP contribution >= 0.6 is 0 Å². The van der Waals surface area contributed by atoms with Gasteiger partial charge in [0.2, 0.25) is 0 Å². The molecule has 1 aromatic carbocycles. The Hall–Kier alpha value is -0.353. The molecule has 1 aliphatic rings. The van der Waals surface area contributed by atoms with Crippen LogP contribution in [0.2, 0.25) is 0 Å². The average Bonchev–Trinajstić information content (AvgIpc) is 2.69. The van der Waals surface area contributed by atoms with E-state index in [0.29, 0.717) is 6.10 Å². The van der Waals surface area contributed by atoms with Crippen LogP contribution in [0.25, 0.3) is 0 Å². The Morgan fingerprint density at radius 1 is 1.27 bits per heavy atom. The number of rotatable bonds is 1. The summed E-state index contributed by atoms with van der Waals surface area (Å²) in [6, 6.07) is 10.2. The molecule has 0 unspecified atom stereocenters. The fraction of sp³-hybridized carbons (Fsp3) is 0.222. The van der Waals surface area contributed by atoms with Gasteiger partial charge in [0.25, 0.3) is 0 Å². The van der Waals surface area contributed by atoms with Crippen molar-refractivity contribution in [2.24, 2.45) is 0 Å². The summed E-state index contributed by atoms with van der Waals surface area (Å²) < 4.78 is 5.22. The molecule has 0 radical (unpaired) electrons. The Kier molecular flexibility index (Phi) is 2.67. The second kappa shape index (κ2) is 3.36. The van der Waals surface area contributed by atoms with Crippen molar-refractivity contribution in [3.05, 3.63) is 42.0 Å². The number of ether oxygens (including phenoxy) is 1.